The van der Waals surface area contributed by atoms with Gasteiger partial charge in [0.05, 0.1) is 31.3 Å². The minimum atomic E-state index is -0.300. The molecule has 1 heterocycles. The van der Waals surface area contributed by atoms with Crippen LogP contribution in [0.2, 0.25) is 0 Å². The first-order chi connectivity index (χ1) is 11.7. The fraction of sp³-hybridized carbons (Fsp3) is 0.167. The molecule has 0 amide bonds. The van der Waals surface area contributed by atoms with Gasteiger partial charge in [0.15, 0.2) is 11.5 Å². The van der Waals surface area contributed by atoms with Crippen molar-refractivity contribution in [2.75, 3.05) is 14.2 Å². The maximum atomic E-state index is 13.2. The van der Waals surface area contributed by atoms with E-state index in [0.717, 1.165) is 22.6 Å². The van der Waals surface area contributed by atoms with Gasteiger partial charge in [-0.1, -0.05) is 6.07 Å². The van der Waals surface area contributed by atoms with Crippen LogP contribution in [0.15, 0.2) is 48.5 Å². The average molecular weight is 327 g/mol. The summed E-state index contributed by atoms with van der Waals surface area (Å²) in [5, 5.41) is 4.51. The molecule has 0 saturated heterocycles. The zero-order chi connectivity index (χ0) is 17.1. The Labute approximate surface area is 139 Å². The lowest BCUT2D eigenvalue weighted by molar-refractivity contribution is 0.356. The molecule has 0 radical (unpaired) electrons. The molecule has 5 nitrogen and oxygen atoms in total. The van der Waals surface area contributed by atoms with Crippen molar-refractivity contribution in [3.63, 3.8) is 0 Å². The molecule has 124 valence electrons. The second-order valence-corrected chi connectivity index (χ2v) is 5.15. The van der Waals surface area contributed by atoms with Crippen LogP contribution in [0, 0.1) is 5.82 Å². The maximum absolute atomic E-state index is 13.2. The zero-order valence-corrected chi connectivity index (χ0v) is 13.5. The maximum Gasteiger partial charge on any atom is 0.170 e. The van der Waals surface area contributed by atoms with Crippen LogP contribution in [0.3, 0.4) is 0 Å². The number of para-hydroxylation sites is 1. The summed E-state index contributed by atoms with van der Waals surface area (Å²) < 4.78 is 25.8. The molecule has 3 rings (SSSR count). The number of halogens is 1. The predicted octanol–water partition coefficient (Wildman–Crippen LogP) is 3.15. The van der Waals surface area contributed by atoms with Gasteiger partial charge >= 0.3 is 0 Å². The van der Waals surface area contributed by atoms with Crippen LogP contribution in [0.1, 0.15) is 5.69 Å². The summed E-state index contributed by atoms with van der Waals surface area (Å²) in [5.41, 5.74) is 8.80. The van der Waals surface area contributed by atoms with Crippen molar-refractivity contribution < 1.29 is 13.9 Å². The van der Waals surface area contributed by atoms with Crippen molar-refractivity contribution in [3.05, 3.63) is 60.0 Å². The van der Waals surface area contributed by atoms with Crippen LogP contribution in [0.25, 0.3) is 16.9 Å². The molecular formula is C18H18FN3O2. The smallest absolute Gasteiger partial charge is 0.170 e. The summed E-state index contributed by atoms with van der Waals surface area (Å²) in [6, 6.07) is 13.6. The van der Waals surface area contributed by atoms with E-state index in [4.69, 9.17) is 15.2 Å². The van der Waals surface area contributed by atoms with Crippen molar-refractivity contribution in [1.82, 2.24) is 9.78 Å². The van der Waals surface area contributed by atoms with Crippen LogP contribution in [-0.4, -0.2) is 24.0 Å². The van der Waals surface area contributed by atoms with Gasteiger partial charge in [-0.2, -0.15) is 5.10 Å². The quantitative estimate of drug-likeness (QED) is 0.782. The van der Waals surface area contributed by atoms with Crippen LogP contribution >= 0.6 is 0 Å². The van der Waals surface area contributed by atoms with Gasteiger partial charge in [-0.05, 0) is 42.5 Å². The third-order valence-corrected chi connectivity index (χ3v) is 3.72. The first-order valence-corrected chi connectivity index (χ1v) is 7.44. The van der Waals surface area contributed by atoms with E-state index in [2.05, 4.69) is 5.10 Å². The molecular weight excluding hydrogens is 309 g/mol. The highest BCUT2D eigenvalue weighted by Crippen LogP contribution is 2.38. The molecule has 2 N–H and O–H groups in total. The van der Waals surface area contributed by atoms with Gasteiger partial charge in [0.1, 0.15) is 5.82 Å². The van der Waals surface area contributed by atoms with E-state index in [-0.39, 0.29) is 5.82 Å². The van der Waals surface area contributed by atoms with E-state index in [9.17, 15) is 4.39 Å². The summed E-state index contributed by atoms with van der Waals surface area (Å²) in [7, 11) is 3.17. The van der Waals surface area contributed by atoms with Gasteiger partial charge in [0.25, 0.3) is 0 Å². The Kier molecular flexibility index (Phi) is 4.48. The Balaban J connectivity index is 2.22. The first kappa shape index (κ1) is 16.0. The number of methoxy groups -OCH3 is 2. The van der Waals surface area contributed by atoms with Crippen molar-refractivity contribution in [2.45, 2.75) is 6.54 Å². The summed E-state index contributed by atoms with van der Waals surface area (Å²) in [5.74, 6) is 0.924. The Morgan fingerprint density at radius 1 is 1.08 bits per heavy atom. The molecule has 0 bridgehead atoms. The van der Waals surface area contributed by atoms with Crippen LogP contribution in [-0.2, 0) is 6.54 Å². The third kappa shape index (κ3) is 2.83. The second kappa shape index (κ2) is 6.72. The molecule has 24 heavy (non-hydrogen) atoms. The van der Waals surface area contributed by atoms with Gasteiger partial charge in [-0.15, -0.1) is 0 Å². The number of benzene rings is 2. The number of nitrogens with two attached hydrogens (primary N) is 1. The molecule has 0 aliphatic heterocycles. The van der Waals surface area contributed by atoms with Crippen LogP contribution < -0.4 is 15.2 Å². The summed E-state index contributed by atoms with van der Waals surface area (Å²) in [6.07, 6.45) is 0. The van der Waals surface area contributed by atoms with Crippen LogP contribution in [0.4, 0.5) is 4.39 Å². The minimum Gasteiger partial charge on any atom is -0.493 e. The van der Waals surface area contributed by atoms with E-state index < -0.39 is 0 Å². The van der Waals surface area contributed by atoms with Gasteiger partial charge in [-0.3, -0.25) is 0 Å². The highest BCUT2D eigenvalue weighted by molar-refractivity contribution is 5.73. The van der Waals surface area contributed by atoms with E-state index in [0.29, 0.717) is 18.0 Å². The Morgan fingerprint density at radius 3 is 2.46 bits per heavy atom. The summed E-state index contributed by atoms with van der Waals surface area (Å²) >= 11 is 0. The normalized spacial score (nSPS) is 10.7. The SMILES string of the molecule is COc1cccc(-c2cc(CN)nn2-c2ccc(F)cc2)c1OC. The molecule has 0 aliphatic carbocycles. The summed E-state index contributed by atoms with van der Waals surface area (Å²) in [4.78, 5) is 0. The average Bonchev–Trinajstić information content (AvgIpc) is 3.05. The van der Waals surface area contributed by atoms with Gasteiger partial charge in [0, 0.05) is 12.1 Å². The Bertz CT molecular complexity index is 844. The number of aromatic nitrogens is 2. The molecule has 0 unspecified atom stereocenters. The minimum absolute atomic E-state index is 0.299. The van der Waals surface area contributed by atoms with Crippen molar-refractivity contribution in [3.8, 4) is 28.4 Å². The number of nitrogens with zero attached hydrogens (tertiary/aromatic N) is 2. The lowest BCUT2D eigenvalue weighted by Crippen LogP contribution is -2.02. The van der Waals surface area contributed by atoms with Gasteiger partial charge in [-0.25, -0.2) is 9.07 Å². The van der Waals surface area contributed by atoms with Crippen molar-refractivity contribution >= 4 is 0 Å². The summed E-state index contributed by atoms with van der Waals surface area (Å²) in [6.45, 7) is 0.299. The highest BCUT2D eigenvalue weighted by atomic mass is 19.1. The number of rotatable bonds is 5. The van der Waals surface area contributed by atoms with E-state index in [1.165, 1.54) is 12.1 Å². The van der Waals surface area contributed by atoms with E-state index in [1.54, 1.807) is 31.0 Å². The van der Waals surface area contributed by atoms with Crippen molar-refractivity contribution in [2.24, 2.45) is 5.73 Å². The molecule has 3 aromatic rings. The topological polar surface area (TPSA) is 62.3 Å². The molecule has 0 saturated carbocycles. The zero-order valence-electron chi connectivity index (χ0n) is 13.5. The van der Waals surface area contributed by atoms with Crippen LogP contribution in [0.5, 0.6) is 11.5 Å². The monoisotopic (exact) mass is 327 g/mol. The van der Waals surface area contributed by atoms with E-state index in [1.807, 2.05) is 24.3 Å². The lowest BCUT2D eigenvalue weighted by Gasteiger charge is -2.14. The third-order valence-electron chi connectivity index (χ3n) is 3.72. The van der Waals surface area contributed by atoms with Crippen molar-refractivity contribution in [1.29, 1.82) is 0 Å². The fourth-order valence-corrected chi connectivity index (χ4v) is 2.59. The molecule has 6 heteroatoms. The standard InChI is InChI=1S/C18H18FN3O2/c1-23-17-5-3-4-15(18(17)24-2)16-10-13(11-20)21-22(16)14-8-6-12(19)7-9-14/h3-10H,11,20H2,1-2H3. The number of hydrogen-bond acceptors (Lipinski definition) is 4. The molecule has 1 aromatic heterocycles. The number of hydrogen-bond donors (Lipinski definition) is 1. The molecule has 0 atom stereocenters. The molecule has 0 aliphatic rings. The Morgan fingerprint density at radius 2 is 1.83 bits per heavy atom. The second-order valence-electron chi connectivity index (χ2n) is 5.15. The first-order valence-electron chi connectivity index (χ1n) is 7.44. The van der Waals surface area contributed by atoms with E-state index >= 15 is 0 Å². The fourth-order valence-electron chi connectivity index (χ4n) is 2.59. The Hall–Kier alpha value is -2.86. The largest absolute Gasteiger partial charge is 0.493 e. The molecule has 2 aromatic carbocycles. The molecule has 0 spiro atoms. The number of ether oxygens (including phenoxy) is 2. The van der Waals surface area contributed by atoms with Gasteiger partial charge in [0.2, 0.25) is 0 Å². The van der Waals surface area contributed by atoms with Gasteiger partial charge < -0.3 is 15.2 Å². The highest BCUT2D eigenvalue weighted by Gasteiger charge is 2.17. The molecule has 0 fully saturated rings. The lowest BCUT2D eigenvalue weighted by atomic mass is 10.1. The predicted molar refractivity (Wildman–Crippen MR) is 90.0 cm³/mol.